The van der Waals surface area contributed by atoms with Crippen molar-refractivity contribution in [1.29, 1.82) is 0 Å². The van der Waals surface area contributed by atoms with E-state index < -0.39 is 26.6 Å². The predicted octanol–water partition coefficient (Wildman–Crippen LogP) is 1.98. The van der Waals surface area contributed by atoms with E-state index >= 15 is 0 Å². The number of nitro benzene ring substituents is 1. The van der Waals surface area contributed by atoms with E-state index in [1.165, 1.54) is 24.3 Å². The summed E-state index contributed by atoms with van der Waals surface area (Å²) in [5.41, 5.74) is 0.266. The lowest BCUT2D eigenvalue weighted by atomic mass is 10.0. The SMILES string of the molecule is CCC(CC)C(=O)NS(=O)(=O)Cc1ccc([N+](=O)[O-])cc1. The van der Waals surface area contributed by atoms with E-state index in [0.29, 0.717) is 18.4 Å². The van der Waals surface area contributed by atoms with Crippen molar-refractivity contribution in [3.05, 3.63) is 39.9 Å². The Morgan fingerprint density at radius 1 is 1.24 bits per heavy atom. The van der Waals surface area contributed by atoms with Gasteiger partial charge in [0.05, 0.1) is 10.7 Å². The van der Waals surface area contributed by atoms with Gasteiger partial charge in [0.1, 0.15) is 0 Å². The zero-order valence-corrected chi connectivity index (χ0v) is 12.7. The van der Waals surface area contributed by atoms with Crippen LogP contribution in [-0.2, 0) is 20.6 Å². The highest BCUT2D eigenvalue weighted by Gasteiger charge is 2.21. The summed E-state index contributed by atoms with van der Waals surface area (Å²) in [4.78, 5) is 21.7. The third kappa shape index (κ3) is 5.14. The van der Waals surface area contributed by atoms with Crippen molar-refractivity contribution in [1.82, 2.24) is 4.72 Å². The normalized spacial score (nSPS) is 11.4. The summed E-state index contributed by atoms with van der Waals surface area (Å²) in [5.74, 6) is -1.24. The third-order valence-electron chi connectivity index (χ3n) is 3.12. The molecule has 7 nitrogen and oxygen atoms in total. The largest absolute Gasteiger partial charge is 0.274 e. The number of carbonyl (C=O) groups is 1. The van der Waals surface area contributed by atoms with Gasteiger partial charge in [0.15, 0.2) is 0 Å². The van der Waals surface area contributed by atoms with Crippen molar-refractivity contribution in [2.24, 2.45) is 5.92 Å². The van der Waals surface area contributed by atoms with Crippen LogP contribution >= 0.6 is 0 Å². The topological polar surface area (TPSA) is 106 Å². The quantitative estimate of drug-likeness (QED) is 0.611. The van der Waals surface area contributed by atoms with Gasteiger partial charge in [-0.25, -0.2) is 8.42 Å². The zero-order chi connectivity index (χ0) is 16.0. The van der Waals surface area contributed by atoms with Crippen LogP contribution in [0.4, 0.5) is 5.69 Å². The zero-order valence-electron chi connectivity index (χ0n) is 11.9. The van der Waals surface area contributed by atoms with E-state index in [1.54, 1.807) is 0 Å². The van der Waals surface area contributed by atoms with Crippen LogP contribution in [-0.4, -0.2) is 19.2 Å². The van der Waals surface area contributed by atoms with Crippen molar-refractivity contribution in [3.63, 3.8) is 0 Å². The van der Waals surface area contributed by atoms with E-state index in [1.807, 2.05) is 18.6 Å². The Morgan fingerprint density at radius 3 is 2.19 bits per heavy atom. The average Bonchev–Trinajstić information content (AvgIpc) is 2.39. The highest BCUT2D eigenvalue weighted by molar-refractivity contribution is 7.89. The second-order valence-corrected chi connectivity index (χ2v) is 6.38. The Balaban J connectivity index is 2.76. The van der Waals surface area contributed by atoms with Crippen LogP contribution in [0.2, 0.25) is 0 Å². The molecule has 0 radical (unpaired) electrons. The molecule has 0 bridgehead atoms. The van der Waals surface area contributed by atoms with E-state index in [9.17, 15) is 23.3 Å². The number of carbonyl (C=O) groups excluding carboxylic acids is 1. The minimum absolute atomic E-state index is 0.114. The van der Waals surface area contributed by atoms with E-state index in [0.717, 1.165) is 0 Å². The van der Waals surface area contributed by atoms with Gasteiger partial charge in [-0.05, 0) is 18.4 Å². The predicted molar refractivity (Wildman–Crippen MR) is 77.9 cm³/mol. The van der Waals surface area contributed by atoms with Crippen molar-refractivity contribution in [3.8, 4) is 0 Å². The molecular weight excluding hydrogens is 296 g/mol. The number of non-ortho nitro benzene ring substituents is 1. The fraction of sp³-hybridized carbons (Fsp3) is 0.462. The van der Waals surface area contributed by atoms with Gasteiger partial charge in [0.2, 0.25) is 15.9 Å². The molecule has 21 heavy (non-hydrogen) atoms. The molecule has 8 heteroatoms. The monoisotopic (exact) mass is 314 g/mol. The summed E-state index contributed by atoms with van der Waals surface area (Å²) in [5, 5.41) is 10.5. The van der Waals surface area contributed by atoms with Gasteiger partial charge < -0.3 is 0 Å². The number of rotatable bonds is 7. The summed E-state index contributed by atoms with van der Waals surface area (Å²) in [6, 6.07) is 5.18. The van der Waals surface area contributed by atoms with Crippen molar-refractivity contribution in [2.75, 3.05) is 0 Å². The summed E-state index contributed by atoms with van der Waals surface area (Å²) in [7, 11) is -3.80. The van der Waals surface area contributed by atoms with Crippen LogP contribution in [0.25, 0.3) is 0 Å². The first kappa shape index (κ1) is 17.1. The molecule has 0 spiro atoms. The first-order valence-corrected chi connectivity index (χ1v) is 8.22. The molecule has 0 aliphatic heterocycles. The van der Waals surface area contributed by atoms with E-state index in [2.05, 4.69) is 0 Å². The third-order valence-corrected chi connectivity index (χ3v) is 4.34. The molecule has 0 aliphatic rings. The Morgan fingerprint density at radius 2 is 1.76 bits per heavy atom. The standard InChI is InChI=1S/C13H18N2O5S/c1-3-11(4-2)13(16)14-21(19,20)9-10-5-7-12(8-6-10)15(17)18/h5-8,11H,3-4,9H2,1-2H3,(H,14,16). The van der Waals surface area contributed by atoms with Gasteiger partial charge in [0, 0.05) is 18.1 Å². The molecule has 0 aliphatic carbocycles. The number of nitro groups is 1. The summed E-state index contributed by atoms with van der Waals surface area (Å²) < 4.78 is 25.8. The van der Waals surface area contributed by atoms with Crippen LogP contribution in [0.3, 0.4) is 0 Å². The molecular formula is C13H18N2O5S. The molecule has 0 atom stereocenters. The second kappa shape index (κ2) is 7.16. The Bertz CT molecular complexity index is 606. The van der Waals surface area contributed by atoms with Crippen molar-refractivity contribution in [2.45, 2.75) is 32.4 Å². The Labute approximate surface area is 123 Å². The number of benzene rings is 1. The number of sulfonamides is 1. The fourth-order valence-electron chi connectivity index (χ4n) is 1.87. The van der Waals surface area contributed by atoms with Crippen molar-refractivity contribution < 1.29 is 18.1 Å². The molecule has 0 unspecified atom stereocenters. The van der Waals surface area contributed by atoms with E-state index in [4.69, 9.17) is 0 Å². The molecule has 1 amide bonds. The number of amides is 1. The second-order valence-electron chi connectivity index (χ2n) is 4.66. The molecule has 0 saturated heterocycles. The summed E-state index contributed by atoms with van der Waals surface area (Å²) >= 11 is 0. The fourth-order valence-corrected chi connectivity index (χ4v) is 3.04. The lowest BCUT2D eigenvalue weighted by Crippen LogP contribution is -2.36. The maximum atomic E-state index is 11.9. The highest BCUT2D eigenvalue weighted by atomic mass is 32.2. The molecule has 0 saturated carbocycles. The summed E-state index contributed by atoms with van der Waals surface area (Å²) in [6.45, 7) is 3.63. The van der Waals surface area contributed by atoms with Crippen LogP contribution < -0.4 is 4.72 Å². The van der Waals surface area contributed by atoms with Gasteiger partial charge in [-0.3, -0.25) is 19.6 Å². The van der Waals surface area contributed by atoms with Gasteiger partial charge in [0.25, 0.3) is 5.69 Å². The summed E-state index contributed by atoms with van der Waals surface area (Å²) in [6.07, 6.45) is 1.13. The molecule has 116 valence electrons. The average molecular weight is 314 g/mol. The molecule has 0 fully saturated rings. The molecule has 1 aromatic rings. The minimum atomic E-state index is -3.80. The number of nitrogens with one attached hydrogen (secondary N) is 1. The minimum Gasteiger partial charge on any atom is -0.274 e. The molecule has 0 heterocycles. The highest BCUT2D eigenvalue weighted by Crippen LogP contribution is 2.14. The molecule has 1 aromatic carbocycles. The maximum Gasteiger partial charge on any atom is 0.269 e. The number of hydrogen-bond donors (Lipinski definition) is 1. The van der Waals surface area contributed by atoms with Crippen molar-refractivity contribution >= 4 is 21.6 Å². The van der Waals surface area contributed by atoms with Gasteiger partial charge in [-0.1, -0.05) is 26.0 Å². The van der Waals surface area contributed by atoms with E-state index in [-0.39, 0.29) is 11.6 Å². The molecule has 0 aromatic heterocycles. The van der Waals surface area contributed by atoms with Gasteiger partial charge in [-0.15, -0.1) is 0 Å². The van der Waals surface area contributed by atoms with Gasteiger partial charge >= 0.3 is 0 Å². The van der Waals surface area contributed by atoms with Crippen LogP contribution in [0, 0.1) is 16.0 Å². The lowest BCUT2D eigenvalue weighted by Gasteiger charge is -2.13. The lowest BCUT2D eigenvalue weighted by molar-refractivity contribution is -0.384. The Kier molecular flexibility index (Phi) is 5.83. The number of hydrogen-bond acceptors (Lipinski definition) is 5. The Hall–Kier alpha value is -1.96. The molecule has 1 rings (SSSR count). The van der Waals surface area contributed by atoms with Gasteiger partial charge in [-0.2, -0.15) is 0 Å². The smallest absolute Gasteiger partial charge is 0.269 e. The van der Waals surface area contributed by atoms with Crippen LogP contribution in [0.5, 0.6) is 0 Å². The first-order chi connectivity index (χ1) is 9.79. The number of nitrogens with zero attached hydrogens (tertiary/aromatic N) is 1. The molecule has 1 N–H and O–H groups in total. The van der Waals surface area contributed by atoms with Crippen LogP contribution in [0.15, 0.2) is 24.3 Å². The maximum absolute atomic E-state index is 11.9. The van der Waals surface area contributed by atoms with Crippen LogP contribution in [0.1, 0.15) is 32.3 Å². The first-order valence-electron chi connectivity index (χ1n) is 6.56.